The lowest BCUT2D eigenvalue weighted by Gasteiger charge is -2.34. The lowest BCUT2D eigenvalue weighted by molar-refractivity contribution is 0.187. The first kappa shape index (κ1) is 18.0. The van der Waals surface area contributed by atoms with Gasteiger partial charge in [-0.3, -0.25) is 0 Å². The van der Waals surface area contributed by atoms with Crippen LogP contribution in [0.2, 0.25) is 0 Å². The third-order valence-corrected chi connectivity index (χ3v) is 6.48. The van der Waals surface area contributed by atoms with Crippen molar-refractivity contribution in [2.75, 3.05) is 32.7 Å². The number of hydrogen-bond acceptors (Lipinski definition) is 3. The summed E-state index contributed by atoms with van der Waals surface area (Å²) in [5, 5.41) is 0. The highest BCUT2D eigenvalue weighted by atomic mass is 32.2. The molecule has 2 aromatic rings. The van der Waals surface area contributed by atoms with Crippen LogP contribution < -0.4 is 0 Å². The third-order valence-electron chi connectivity index (χ3n) is 4.57. The Morgan fingerprint density at radius 3 is 2.16 bits per heavy atom. The van der Waals surface area contributed by atoms with Crippen LogP contribution in [0, 0.1) is 5.82 Å². The minimum atomic E-state index is -3.38. The van der Waals surface area contributed by atoms with Crippen molar-refractivity contribution in [1.82, 2.24) is 9.21 Å². The van der Waals surface area contributed by atoms with Crippen molar-refractivity contribution in [2.45, 2.75) is 17.7 Å². The van der Waals surface area contributed by atoms with Crippen LogP contribution in [-0.4, -0.2) is 50.3 Å². The molecule has 1 saturated heterocycles. The molecular weight excluding hydrogens is 339 g/mol. The van der Waals surface area contributed by atoms with Gasteiger partial charge in [-0.05, 0) is 49.2 Å². The molecule has 0 N–H and O–H groups in total. The Kier molecular flexibility index (Phi) is 5.83. The third kappa shape index (κ3) is 4.66. The zero-order chi connectivity index (χ0) is 17.7. The van der Waals surface area contributed by atoms with E-state index in [1.165, 1.54) is 12.1 Å². The minimum Gasteiger partial charge on any atom is -0.301 e. The highest BCUT2D eigenvalue weighted by Crippen LogP contribution is 2.17. The number of nitrogens with zero attached hydrogens (tertiary/aromatic N) is 2. The van der Waals surface area contributed by atoms with E-state index >= 15 is 0 Å². The summed E-state index contributed by atoms with van der Waals surface area (Å²) < 4.78 is 39.7. The van der Waals surface area contributed by atoms with Gasteiger partial charge in [-0.15, -0.1) is 0 Å². The average Bonchev–Trinajstić information content (AvgIpc) is 2.64. The van der Waals surface area contributed by atoms with E-state index in [-0.39, 0.29) is 5.82 Å². The van der Waals surface area contributed by atoms with Gasteiger partial charge in [0.15, 0.2) is 0 Å². The van der Waals surface area contributed by atoms with Crippen LogP contribution in [0.3, 0.4) is 0 Å². The molecule has 0 unspecified atom stereocenters. The first-order valence-corrected chi connectivity index (χ1v) is 10.0. The summed E-state index contributed by atoms with van der Waals surface area (Å²) >= 11 is 0. The van der Waals surface area contributed by atoms with Crippen LogP contribution >= 0.6 is 0 Å². The first-order chi connectivity index (χ1) is 12.1. The van der Waals surface area contributed by atoms with Gasteiger partial charge in [0.2, 0.25) is 10.0 Å². The molecule has 0 atom stereocenters. The average molecular weight is 362 g/mol. The molecular formula is C19H23FN2O2S. The van der Waals surface area contributed by atoms with Crippen LogP contribution in [0.4, 0.5) is 4.39 Å². The van der Waals surface area contributed by atoms with Gasteiger partial charge in [0.05, 0.1) is 4.90 Å². The number of hydrogen-bond donors (Lipinski definition) is 0. The Balaban J connectivity index is 1.46. The molecule has 2 aromatic carbocycles. The molecule has 134 valence electrons. The molecule has 1 heterocycles. The topological polar surface area (TPSA) is 40.6 Å². The molecule has 1 aliphatic heterocycles. The van der Waals surface area contributed by atoms with Crippen molar-refractivity contribution in [3.8, 4) is 0 Å². The van der Waals surface area contributed by atoms with E-state index in [0.29, 0.717) is 18.0 Å². The van der Waals surface area contributed by atoms with Crippen LogP contribution in [0.1, 0.15) is 12.0 Å². The molecule has 1 aliphatic rings. The Morgan fingerprint density at radius 1 is 0.880 bits per heavy atom. The van der Waals surface area contributed by atoms with Gasteiger partial charge in [-0.25, -0.2) is 12.8 Å². The van der Waals surface area contributed by atoms with E-state index in [9.17, 15) is 12.8 Å². The van der Waals surface area contributed by atoms with Crippen LogP contribution in [0.15, 0.2) is 59.5 Å². The molecule has 0 amide bonds. The van der Waals surface area contributed by atoms with Crippen molar-refractivity contribution >= 4 is 10.0 Å². The molecule has 3 rings (SSSR count). The molecule has 0 aliphatic carbocycles. The van der Waals surface area contributed by atoms with Crippen molar-refractivity contribution in [2.24, 2.45) is 0 Å². The summed E-state index contributed by atoms with van der Waals surface area (Å²) in [6.45, 7) is 3.46. The van der Waals surface area contributed by atoms with Gasteiger partial charge in [0.1, 0.15) is 5.82 Å². The predicted molar refractivity (Wildman–Crippen MR) is 96.4 cm³/mol. The van der Waals surface area contributed by atoms with Gasteiger partial charge >= 0.3 is 0 Å². The summed E-state index contributed by atoms with van der Waals surface area (Å²) in [4.78, 5) is 2.65. The molecule has 4 nitrogen and oxygen atoms in total. The van der Waals surface area contributed by atoms with Crippen LogP contribution in [0.5, 0.6) is 0 Å². The molecule has 0 bridgehead atoms. The van der Waals surface area contributed by atoms with E-state index in [1.807, 2.05) is 18.2 Å². The second-order valence-corrected chi connectivity index (χ2v) is 8.23. The number of rotatable bonds is 6. The SMILES string of the molecule is O=S(=O)(c1ccccc1)N1CCN(CCCc2ccc(F)cc2)CC1. The fraction of sp³-hybridized carbons (Fsp3) is 0.368. The van der Waals surface area contributed by atoms with E-state index < -0.39 is 10.0 Å². The molecule has 6 heteroatoms. The molecule has 1 fully saturated rings. The van der Waals surface area contributed by atoms with Gasteiger partial charge in [0.25, 0.3) is 0 Å². The van der Waals surface area contributed by atoms with E-state index in [4.69, 9.17) is 0 Å². The molecule has 0 spiro atoms. The zero-order valence-corrected chi connectivity index (χ0v) is 15.0. The summed E-state index contributed by atoms with van der Waals surface area (Å²) in [6.07, 6.45) is 1.89. The lowest BCUT2D eigenvalue weighted by atomic mass is 10.1. The second-order valence-electron chi connectivity index (χ2n) is 6.29. The Morgan fingerprint density at radius 2 is 1.52 bits per heavy atom. The van der Waals surface area contributed by atoms with Crippen molar-refractivity contribution < 1.29 is 12.8 Å². The highest BCUT2D eigenvalue weighted by molar-refractivity contribution is 7.89. The summed E-state index contributed by atoms with van der Waals surface area (Å²) in [6, 6.07) is 15.2. The summed E-state index contributed by atoms with van der Waals surface area (Å²) in [7, 11) is -3.38. The molecule has 0 radical (unpaired) electrons. The monoisotopic (exact) mass is 362 g/mol. The summed E-state index contributed by atoms with van der Waals surface area (Å²) in [5.41, 5.74) is 1.13. The number of halogens is 1. The van der Waals surface area contributed by atoms with Crippen LogP contribution in [-0.2, 0) is 16.4 Å². The van der Waals surface area contributed by atoms with Crippen molar-refractivity contribution in [3.63, 3.8) is 0 Å². The molecule has 0 aromatic heterocycles. The minimum absolute atomic E-state index is 0.209. The zero-order valence-electron chi connectivity index (χ0n) is 14.1. The van der Waals surface area contributed by atoms with Crippen molar-refractivity contribution in [1.29, 1.82) is 0 Å². The number of piperazine rings is 1. The Hall–Kier alpha value is -1.76. The fourth-order valence-corrected chi connectivity index (χ4v) is 4.54. The van der Waals surface area contributed by atoms with Gasteiger partial charge in [-0.2, -0.15) is 4.31 Å². The highest BCUT2D eigenvalue weighted by Gasteiger charge is 2.27. The van der Waals surface area contributed by atoms with Gasteiger partial charge in [-0.1, -0.05) is 30.3 Å². The van der Waals surface area contributed by atoms with Gasteiger partial charge in [0, 0.05) is 26.2 Å². The Labute approximate surface area is 148 Å². The number of benzene rings is 2. The van der Waals surface area contributed by atoms with E-state index in [2.05, 4.69) is 4.90 Å². The van der Waals surface area contributed by atoms with E-state index in [0.717, 1.165) is 38.0 Å². The lowest BCUT2D eigenvalue weighted by Crippen LogP contribution is -2.48. The smallest absolute Gasteiger partial charge is 0.243 e. The summed E-state index contributed by atoms with van der Waals surface area (Å²) in [5.74, 6) is -0.209. The maximum absolute atomic E-state index is 12.9. The largest absolute Gasteiger partial charge is 0.301 e. The van der Waals surface area contributed by atoms with Crippen molar-refractivity contribution in [3.05, 3.63) is 66.0 Å². The first-order valence-electron chi connectivity index (χ1n) is 8.58. The maximum Gasteiger partial charge on any atom is 0.243 e. The number of sulfonamides is 1. The second kappa shape index (κ2) is 8.08. The van der Waals surface area contributed by atoms with Gasteiger partial charge < -0.3 is 4.90 Å². The molecule has 25 heavy (non-hydrogen) atoms. The standard InChI is InChI=1S/C19H23FN2O2S/c20-18-10-8-17(9-11-18)5-4-12-21-13-15-22(16-14-21)25(23,24)19-6-2-1-3-7-19/h1-3,6-11H,4-5,12-16H2. The number of aryl methyl sites for hydroxylation is 1. The normalized spacial score (nSPS) is 16.8. The van der Waals surface area contributed by atoms with E-state index in [1.54, 1.807) is 28.6 Å². The maximum atomic E-state index is 12.9. The predicted octanol–water partition coefficient (Wildman–Crippen LogP) is 2.76. The Bertz CT molecular complexity index is 771. The fourth-order valence-electron chi connectivity index (χ4n) is 3.09. The van der Waals surface area contributed by atoms with Crippen LogP contribution in [0.25, 0.3) is 0 Å². The molecule has 0 saturated carbocycles. The quantitative estimate of drug-likeness (QED) is 0.793.